The average Bonchev–Trinajstić information content (AvgIpc) is 3.41. The molecule has 1 heterocycles. The Hall–Kier alpha value is -1.84. The van der Waals surface area contributed by atoms with Crippen LogP contribution in [0.15, 0.2) is 24.3 Å². The molecule has 1 unspecified atom stereocenters. The number of aryl methyl sites for hydroxylation is 1. The van der Waals surface area contributed by atoms with E-state index < -0.39 is 0 Å². The molecule has 1 saturated heterocycles. The summed E-state index contributed by atoms with van der Waals surface area (Å²) >= 11 is 0. The van der Waals surface area contributed by atoms with Crippen LogP contribution in [0.4, 0.5) is 0 Å². The Morgan fingerprint density at radius 1 is 1.19 bits per heavy atom. The topological polar surface area (TPSA) is 49.4 Å². The van der Waals surface area contributed by atoms with Crippen molar-refractivity contribution in [2.24, 2.45) is 11.3 Å². The van der Waals surface area contributed by atoms with Gasteiger partial charge in [-0.25, -0.2) is 0 Å². The van der Waals surface area contributed by atoms with Crippen molar-refractivity contribution in [1.82, 2.24) is 10.2 Å². The maximum absolute atomic E-state index is 13.1. The van der Waals surface area contributed by atoms with Crippen LogP contribution < -0.4 is 5.32 Å². The number of carbonyl (C=O) groups is 2. The van der Waals surface area contributed by atoms with Crippen molar-refractivity contribution in [1.29, 1.82) is 0 Å². The lowest BCUT2D eigenvalue weighted by molar-refractivity contribution is -0.121. The molecule has 1 aliphatic heterocycles. The molecule has 0 aromatic heterocycles. The van der Waals surface area contributed by atoms with E-state index in [4.69, 9.17) is 0 Å². The lowest BCUT2D eigenvalue weighted by Gasteiger charge is -2.38. The highest BCUT2D eigenvalue weighted by molar-refractivity contribution is 5.94. The minimum Gasteiger partial charge on any atom is -0.353 e. The zero-order valence-electron chi connectivity index (χ0n) is 16.5. The van der Waals surface area contributed by atoms with Gasteiger partial charge in [-0.3, -0.25) is 9.59 Å². The van der Waals surface area contributed by atoms with E-state index in [0.717, 1.165) is 43.5 Å². The molecule has 1 aromatic carbocycles. The molecule has 0 bridgehead atoms. The number of amides is 2. The fourth-order valence-electron chi connectivity index (χ4n) is 5.20. The van der Waals surface area contributed by atoms with Crippen molar-refractivity contribution >= 4 is 11.8 Å². The first kappa shape index (κ1) is 18.5. The van der Waals surface area contributed by atoms with Gasteiger partial charge >= 0.3 is 0 Å². The molecule has 146 valence electrons. The van der Waals surface area contributed by atoms with Crippen LogP contribution in [0, 0.1) is 18.3 Å². The van der Waals surface area contributed by atoms with E-state index in [9.17, 15) is 9.59 Å². The number of hydrogen-bond donors (Lipinski definition) is 1. The predicted octanol–water partition coefficient (Wildman–Crippen LogP) is 4.08. The highest BCUT2D eigenvalue weighted by Crippen LogP contribution is 2.49. The van der Waals surface area contributed by atoms with E-state index in [0.29, 0.717) is 18.4 Å². The quantitative estimate of drug-likeness (QED) is 0.851. The van der Waals surface area contributed by atoms with Crippen molar-refractivity contribution in [3.05, 3.63) is 35.4 Å². The Kier molecular flexibility index (Phi) is 5.25. The fourth-order valence-corrected chi connectivity index (χ4v) is 5.20. The summed E-state index contributed by atoms with van der Waals surface area (Å²) in [5.74, 6) is 0.817. The van der Waals surface area contributed by atoms with E-state index in [1.807, 2.05) is 31.2 Å². The predicted molar refractivity (Wildman–Crippen MR) is 106 cm³/mol. The number of rotatable bonds is 5. The fraction of sp³-hybridized carbons (Fsp3) is 0.652. The Morgan fingerprint density at radius 2 is 1.96 bits per heavy atom. The van der Waals surface area contributed by atoms with Crippen LogP contribution in [-0.4, -0.2) is 35.8 Å². The molecule has 0 radical (unpaired) electrons. The smallest absolute Gasteiger partial charge is 0.253 e. The van der Waals surface area contributed by atoms with E-state index in [1.54, 1.807) is 0 Å². The van der Waals surface area contributed by atoms with Crippen molar-refractivity contribution in [2.45, 2.75) is 70.8 Å². The number of nitrogens with zero attached hydrogens (tertiary/aromatic N) is 1. The van der Waals surface area contributed by atoms with Gasteiger partial charge in [-0.2, -0.15) is 0 Å². The molecule has 4 nitrogen and oxygen atoms in total. The Morgan fingerprint density at radius 3 is 2.67 bits per heavy atom. The van der Waals surface area contributed by atoms with Crippen LogP contribution in [-0.2, 0) is 4.79 Å². The molecular weight excluding hydrogens is 336 g/mol. The van der Waals surface area contributed by atoms with Crippen molar-refractivity contribution in [2.75, 3.05) is 13.1 Å². The first-order chi connectivity index (χ1) is 13.1. The molecule has 2 aliphatic carbocycles. The molecule has 3 fully saturated rings. The normalized spacial score (nSPS) is 24.2. The largest absolute Gasteiger partial charge is 0.353 e. The molecule has 1 spiro atoms. The molecule has 4 rings (SSSR count). The van der Waals surface area contributed by atoms with Crippen LogP contribution in [0.3, 0.4) is 0 Å². The van der Waals surface area contributed by atoms with Crippen LogP contribution in [0.1, 0.15) is 73.7 Å². The van der Waals surface area contributed by atoms with Crippen molar-refractivity contribution < 1.29 is 9.59 Å². The summed E-state index contributed by atoms with van der Waals surface area (Å²) < 4.78 is 0. The molecule has 3 aliphatic rings. The van der Waals surface area contributed by atoms with E-state index in [2.05, 4.69) is 10.2 Å². The molecule has 2 amide bonds. The zero-order valence-corrected chi connectivity index (χ0v) is 16.5. The Balaban J connectivity index is 1.45. The third kappa shape index (κ3) is 4.20. The summed E-state index contributed by atoms with van der Waals surface area (Å²) in [5, 5.41) is 3.12. The first-order valence-corrected chi connectivity index (χ1v) is 10.7. The van der Waals surface area contributed by atoms with Crippen LogP contribution >= 0.6 is 0 Å². The summed E-state index contributed by atoms with van der Waals surface area (Å²) in [7, 11) is 0. The summed E-state index contributed by atoms with van der Waals surface area (Å²) in [6.07, 6.45) is 10.0. The van der Waals surface area contributed by atoms with Gasteiger partial charge in [0.2, 0.25) is 5.91 Å². The van der Waals surface area contributed by atoms with Gasteiger partial charge in [-0.15, -0.1) is 0 Å². The second kappa shape index (κ2) is 7.65. The third-order valence-corrected chi connectivity index (χ3v) is 6.88. The second-order valence-corrected chi connectivity index (χ2v) is 9.06. The number of nitrogens with one attached hydrogen (secondary N) is 1. The lowest BCUT2D eigenvalue weighted by atomic mass is 9.66. The van der Waals surface area contributed by atoms with E-state index >= 15 is 0 Å². The number of hydrogen-bond acceptors (Lipinski definition) is 2. The molecule has 1 aromatic rings. The summed E-state index contributed by atoms with van der Waals surface area (Å²) in [6, 6.07) is 8.36. The van der Waals surface area contributed by atoms with E-state index in [-0.39, 0.29) is 17.2 Å². The van der Waals surface area contributed by atoms with Gasteiger partial charge in [0, 0.05) is 31.1 Å². The van der Waals surface area contributed by atoms with Gasteiger partial charge in [-0.1, -0.05) is 37.0 Å². The molecular formula is C23H32N2O2. The number of likely N-dealkylation sites (tertiary alicyclic amines) is 1. The van der Waals surface area contributed by atoms with Crippen LogP contribution in [0.2, 0.25) is 0 Å². The average molecular weight is 369 g/mol. The van der Waals surface area contributed by atoms with Crippen molar-refractivity contribution in [3.8, 4) is 0 Å². The zero-order chi connectivity index (χ0) is 18.9. The second-order valence-electron chi connectivity index (χ2n) is 9.06. The first-order valence-electron chi connectivity index (χ1n) is 10.7. The summed E-state index contributed by atoms with van der Waals surface area (Å²) in [6.45, 7) is 3.71. The van der Waals surface area contributed by atoms with Crippen LogP contribution in [0.5, 0.6) is 0 Å². The highest BCUT2D eigenvalue weighted by atomic mass is 16.2. The van der Waals surface area contributed by atoms with Gasteiger partial charge in [0.1, 0.15) is 0 Å². The molecule has 1 N–H and O–H groups in total. The maximum Gasteiger partial charge on any atom is 0.253 e. The van der Waals surface area contributed by atoms with Gasteiger partial charge in [0.05, 0.1) is 0 Å². The highest BCUT2D eigenvalue weighted by Gasteiger charge is 2.47. The molecule has 27 heavy (non-hydrogen) atoms. The monoisotopic (exact) mass is 368 g/mol. The maximum atomic E-state index is 13.1. The van der Waals surface area contributed by atoms with Crippen molar-refractivity contribution in [3.63, 3.8) is 0 Å². The SMILES string of the molecule is Cc1cccc(C(=O)N2CC(CCC(=O)NC3CC3)C3(CCCCC3)C2)c1. The molecule has 4 heteroatoms. The molecule has 1 atom stereocenters. The van der Waals surface area contributed by atoms with Gasteiger partial charge in [0.25, 0.3) is 5.91 Å². The lowest BCUT2D eigenvalue weighted by Crippen LogP contribution is -2.35. The van der Waals surface area contributed by atoms with Gasteiger partial charge in [-0.05, 0) is 62.5 Å². The van der Waals surface area contributed by atoms with E-state index in [1.165, 1.54) is 32.1 Å². The molecule has 2 saturated carbocycles. The number of carbonyl (C=O) groups excluding carboxylic acids is 2. The third-order valence-electron chi connectivity index (χ3n) is 6.88. The van der Waals surface area contributed by atoms with Gasteiger partial charge < -0.3 is 10.2 Å². The van der Waals surface area contributed by atoms with Gasteiger partial charge in [0.15, 0.2) is 0 Å². The minimum atomic E-state index is 0.161. The summed E-state index contributed by atoms with van der Waals surface area (Å²) in [5.41, 5.74) is 2.16. The Bertz CT molecular complexity index is 704. The standard InChI is InChI=1S/C23H32N2O2/c1-17-6-5-7-18(14-17)22(27)25-15-19(8-11-21(26)24-20-9-10-20)23(16-25)12-3-2-4-13-23/h5-7,14,19-20H,2-4,8-13,15-16H2,1H3,(H,24,26). The number of benzene rings is 1. The van der Waals surface area contributed by atoms with Crippen LogP contribution in [0.25, 0.3) is 0 Å². The minimum absolute atomic E-state index is 0.161. The summed E-state index contributed by atoms with van der Waals surface area (Å²) in [4.78, 5) is 27.4. The Labute approximate surface area is 162 Å².